The number of alkyl halides is 2. The molecule has 5 heteroatoms. The van der Waals surface area contributed by atoms with Crippen LogP contribution in [0.5, 0.6) is 5.75 Å². The second-order valence-electron chi connectivity index (χ2n) is 2.70. The highest BCUT2D eigenvalue weighted by Crippen LogP contribution is 2.25. The van der Waals surface area contributed by atoms with Gasteiger partial charge in [-0.2, -0.15) is 0 Å². The lowest BCUT2D eigenvalue weighted by Gasteiger charge is -2.05. The van der Waals surface area contributed by atoms with E-state index in [1.54, 1.807) is 0 Å². The molecule has 0 atom stereocenters. The number of phenolic OH excluding ortho intramolecular Hbond substituents is 1. The first kappa shape index (κ1) is 10.6. The molecule has 0 spiro atoms. The van der Waals surface area contributed by atoms with Gasteiger partial charge in [-0.05, 0) is 18.2 Å². The van der Waals surface area contributed by atoms with Crippen molar-refractivity contribution in [2.24, 2.45) is 5.73 Å². The second-order valence-corrected chi connectivity index (χ2v) is 2.70. The van der Waals surface area contributed by atoms with Crippen LogP contribution < -0.4 is 5.73 Å². The summed E-state index contributed by atoms with van der Waals surface area (Å²) in [6, 6.07) is 3.08. The van der Waals surface area contributed by atoms with Crippen molar-refractivity contribution in [3.05, 3.63) is 29.3 Å². The van der Waals surface area contributed by atoms with Gasteiger partial charge in [0, 0.05) is 5.56 Å². The fourth-order valence-corrected chi connectivity index (χ4v) is 1.02. The quantitative estimate of drug-likeness (QED) is 0.728. The Hall–Kier alpha value is -1.49. The summed E-state index contributed by atoms with van der Waals surface area (Å²) in [5, 5.41) is 9.20. The van der Waals surface area contributed by atoms with Crippen molar-refractivity contribution in [1.29, 1.82) is 0 Å². The molecule has 0 aliphatic carbocycles. The molecule has 0 aliphatic heterocycles. The van der Waals surface area contributed by atoms with E-state index >= 15 is 0 Å². The van der Waals surface area contributed by atoms with Crippen molar-refractivity contribution in [2.45, 2.75) is 6.43 Å². The molecular formula is C9H9F2NO2. The van der Waals surface area contributed by atoms with Gasteiger partial charge >= 0.3 is 0 Å². The molecule has 0 aliphatic rings. The molecule has 3 nitrogen and oxygen atoms in total. The van der Waals surface area contributed by atoms with Crippen LogP contribution in [0.2, 0.25) is 0 Å². The summed E-state index contributed by atoms with van der Waals surface area (Å²) in [5.74, 6) is -0.894. The molecule has 0 aromatic heterocycles. The third-order valence-corrected chi connectivity index (χ3v) is 1.76. The average Bonchev–Trinajstić information content (AvgIpc) is 2.17. The summed E-state index contributed by atoms with van der Waals surface area (Å²) in [6.45, 7) is -0.319. The Morgan fingerprint density at radius 1 is 1.50 bits per heavy atom. The highest BCUT2D eigenvalue weighted by atomic mass is 19.3. The Balaban J connectivity index is 3.15. The number of aromatic hydroxyl groups is 1. The highest BCUT2D eigenvalue weighted by Gasteiger charge is 2.14. The van der Waals surface area contributed by atoms with E-state index in [1.807, 2.05) is 0 Å². The van der Waals surface area contributed by atoms with Crippen LogP contribution in [-0.4, -0.2) is 17.4 Å². The van der Waals surface area contributed by atoms with E-state index in [2.05, 4.69) is 0 Å². The molecule has 0 amide bonds. The van der Waals surface area contributed by atoms with Crippen LogP contribution in [0.15, 0.2) is 18.2 Å². The Labute approximate surface area is 79.2 Å². The highest BCUT2D eigenvalue weighted by molar-refractivity contribution is 6.00. The smallest absolute Gasteiger partial charge is 0.263 e. The van der Waals surface area contributed by atoms with Crippen molar-refractivity contribution in [3.8, 4) is 5.75 Å². The van der Waals surface area contributed by atoms with Crippen LogP contribution in [0.4, 0.5) is 8.78 Å². The minimum Gasteiger partial charge on any atom is -0.507 e. The molecule has 14 heavy (non-hydrogen) atoms. The second kappa shape index (κ2) is 4.15. The van der Waals surface area contributed by atoms with Gasteiger partial charge in [0.1, 0.15) is 5.75 Å². The zero-order valence-electron chi connectivity index (χ0n) is 7.21. The van der Waals surface area contributed by atoms with Gasteiger partial charge in [-0.25, -0.2) is 8.78 Å². The van der Waals surface area contributed by atoms with Crippen LogP contribution in [0, 0.1) is 0 Å². The Bertz CT molecular complexity index is 353. The minimum absolute atomic E-state index is 0.162. The summed E-state index contributed by atoms with van der Waals surface area (Å²) in [7, 11) is 0. The normalized spacial score (nSPS) is 10.6. The predicted molar refractivity (Wildman–Crippen MR) is 46.4 cm³/mol. The van der Waals surface area contributed by atoms with Crippen LogP contribution in [0.3, 0.4) is 0 Å². The van der Waals surface area contributed by atoms with Crippen molar-refractivity contribution in [1.82, 2.24) is 0 Å². The molecule has 3 N–H and O–H groups in total. The number of rotatable bonds is 3. The van der Waals surface area contributed by atoms with Crippen molar-refractivity contribution in [2.75, 3.05) is 6.54 Å². The zero-order chi connectivity index (χ0) is 10.7. The number of hydrogen-bond donors (Lipinski definition) is 2. The van der Waals surface area contributed by atoms with E-state index < -0.39 is 12.2 Å². The lowest BCUT2D eigenvalue weighted by Crippen LogP contribution is -2.14. The number of phenols is 1. The number of ketones is 1. The Kier molecular flexibility index (Phi) is 3.14. The fraction of sp³-hybridized carbons (Fsp3) is 0.222. The lowest BCUT2D eigenvalue weighted by atomic mass is 10.1. The number of nitrogens with two attached hydrogens (primary N) is 1. The molecule has 0 radical (unpaired) electrons. The number of carbonyl (C=O) groups excluding carboxylic acids is 1. The zero-order valence-corrected chi connectivity index (χ0v) is 7.21. The Morgan fingerprint density at radius 3 is 2.64 bits per heavy atom. The molecule has 0 heterocycles. The molecule has 1 rings (SSSR count). The van der Waals surface area contributed by atoms with Crippen LogP contribution in [0.1, 0.15) is 22.3 Å². The fourth-order valence-electron chi connectivity index (χ4n) is 1.02. The van der Waals surface area contributed by atoms with E-state index in [-0.39, 0.29) is 23.4 Å². The maximum absolute atomic E-state index is 12.2. The molecular weight excluding hydrogens is 192 g/mol. The van der Waals surface area contributed by atoms with Crippen molar-refractivity contribution in [3.63, 3.8) is 0 Å². The number of halogens is 2. The van der Waals surface area contributed by atoms with Gasteiger partial charge in [0.2, 0.25) is 0 Å². The number of benzene rings is 1. The first-order chi connectivity index (χ1) is 6.56. The maximum atomic E-state index is 12.2. The summed E-state index contributed by atoms with van der Waals surface area (Å²) in [6.07, 6.45) is -2.67. The average molecular weight is 201 g/mol. The van der Waals surface area contributed by atoms with E-state index in [9.17, 15) is 18.7 Å². The van der Waals surface area contributed by atoms with Gasteiger partial charge in [-0.3, -0.25) is 4.79 Å². The van der Waals surface area contributed by atoms with Crippen LogP contribution in [-0.2, 0) is 0 Å². The first-order valence-electron chi connectivity index (χ1n) is 3.90. The molecule has 1 aromatic carbocycles. The van der Waals surface area contributed by atoms with Gasteiger partial charge in [0.05, 0.1) is 12.1 Å². The Morgan fingerprint density at radius 2 is 2.14 bits per heavy atom. The van der Waals surface area contributed by atoms with E-state index in [0.29, 0.717) is 0 Å². The third kappa shape index (κ3) is 2.05. The van der Waals surface area contributed by atoms with E-state index in [0.717, 1.165) is 18.2 Å². The van der Waals surface area contributed by atoms with E-state index in [4.69, 9.17) is 5.73 Å². The number of hydrogen-bond acceptors (Lipinski definition) is 3. The summed E-state index contributed by atoms with van der Waals surface area (Å²) < 4.78 is 24.4. The topological polar surface area (TPSA) is 63.3 Å². The molecule has 0 saturated carbocycles. The summed E-state index contributed by atoms with van der Waals surface area (Å²) >= 11 is 0. The molecule has 0 unspecified atom stereocenters. The van der Waals surface area contributed by atoms with Crippen molar-refractivity contribution >= 4 is 5.78 Å². The van der Waals surface area contributed by atoms with Gasteiger partial charge in [-0.15, -0.1) is 0 Å². The minimum atomic E-state index is -2.67. The molecule has 1 aromatic rings. The van der Waals surface area contributed by atoms with Gasteiger partial charge in [0.15, 0.2) is 5.78 Å². The monoisotopic (exact) mass is 201 g/mol. The van der Waals surface area contributed by atoms with Crippen LogP contribution in [0.25, 0.3) is 0 Å². The van der Waals surface area contributed by atoms with Gasteiger partial charge < -0.3 is 10.8 Å². The standard InChI is InChI=1S/C9H9F2NO2/c10-9(11)5-1-2-7(13)6(3-5)8(14)4-12/h1-3,9,13H,4,12H2. The number of Topliss-reactive ketones (excluding diaryl/α,β-unsaturated/α-hetero) is 1. The SMILES string of the molecule is NCC(=O)c1cc(C(F)F)ccc1O. The van der Waals surface area contributed by atoms with Crippen molar-refractivity contribution < 1.29 is 18.7 Å². The largest absolute Gasteiger partial charge is 0.507 e. The summed E-state index contributed by atoms with van der Waals surface area (Å²) in [4.78, 5) is 11.1. The predicted octanol–water partition coefficient (Wildman–Crippen LogP) is 1.47. The molecule has 0 saturated heterocycles. The van der Waals surface area contributed by atoms with Gasteiger partial charge in [0.25, 0.3) is 6.43 Å². The van der Waals surface area contributed by atoms with Gasteiger partial charge in [-0.1, -0.05) is 0 Å². The molecule has 0 fully saturated rings. The third-order valence-electron chi connectivity index (χ3n) is 1.76. The first-order valence-corrected chi connectivity index (χ1v) is 3.90. The summed E-state index contributed by atoms with van der Waals surface area (Å²) in [5.41, 5.74) is 4.58. The molecule has 76 valence electrons. The lowest BCUT2D eigenvalue weighted by molar-refractivity contribution is 0.0998. The van der Waals surface area contributed by atoms with E-state index in [1.165, 1.54) is 0 Å². The molecule has 0 bridgehead atoms. The number of carbonyl (C=O) groups is 1. The van der Waals surface area contributed by atoms with Crippen LogP contribution >= 0.6 is 0 Å². The maximum Gasteiger partial charge on any atom is 0.263 e.